The van der Waals surface area contributed by atoms with Crippen LogP contribution in [0.1, 0.15) is 59.3 Å². The maximum absolute atomic E-state index is 9.69. The first-order chi connectivity index (χ1) is 5.33. The summed E-state index contributed by atoms with van der Waals surface area (Å²) in [5.74, 6) is 0. The molecule has 0 heterocycles. The number of hydrogen-bond acceptors (Lipinski definition) is 1. The van der Waals surface area contributed by atoms with Gasteiger partial charge in [0.25, 0.3) is 0 Å². The van der Waals surface area contributed by atoms with E-state index in [1.807, 2.05) is 0 Å². The molecule has 0 aliphatic heterocycles. The Labute approximate surface area is 109 Å². The minimum absolute atomic E-state index is 0. The molecule has 0 N–H and O–H groups in total. The standard InChI is InChI=1S/C5H11O.C5H12.BH3.Na/c1-2-3-4-5-6;1-3-5-4-2;;/h2-5H2,1H3;3-5H2,1-2H3;1H3;/q-1;;;+1. The van der Waals surface area contributed by atoms with Gasteiger partial charge in [-0.2, -0.15) is 0 Å². The van der Waals surface area contributed by atoms with E-state index in [4.69, 9.17) is 0 Å². The van der Waals surface area contributed by atoms with Crippen LogP contribution in [-0.4, -0.2) is 15.0 Å². The Morgan fingerprint density at radius 2 is 1.15 bits per heavy atom. The van der Waals surface area contributed by atoms with Gasteiger partial charge in [0.2, 0.25) is 0 Å². The van der Waals surface area contributed by atoms with Crippen LogP contribution in [0.25, 0.3) is 0 Å². The van der Waals surface area contributed by atoms with Crippen LogP contribution in [0.4, 0.5) is 0 Å². The average Bonchev–Trinajstić information content (AvgIpc) is 2.04. The molecule has 0 amide bonds. The Morgan fingerprint density at radius 3 is 1.23 bits per heavy atom. The van der Waals surface area contributed by atoms with Crippen molar-refractivity contribution in [3.8, 4) is 0 Å². The molecule has 0 rings (SSSR count). The summed E-state index contributed by atoms with van der Waals surface area (Å²) in [6.45, 7) is 6.62. The largest absolute Gasteiger partial charge is 1.00 e. The van der Waals surface area contributed by atoms with Gasteiger partial charge in [0.1, 0.15) is 0 Å². The van der Waals surface area contributed by atoms with E-state index in [1.165, 1.54) is 19.3 Å². The van der Waals surface area contributed by atoms with Gasteiger partial charge < -0.3 is 5.11 Å². The molecular formula is C10H26BNaO. The Kier molecular flexibility index (Phi) is 53.3. The molecule has 1 nitrogen and oxygen atoms in total. The minimum atomic E-state index is 0. The Bertz CT molecular complexity index is 48.2. The molecule has 0 unspecified atom stereocenters. The molecule has 0 aromatic carbocycles. The fraction of sp³-hybridized carbons (Fsp3) is 1.00. The number of rotatable bonds is 5. The third kappa shape index (κ3) is 43.6. The van der Waals surface area contributed by atoms with Crippen molar-refractivity contribution in [3.63, 3.8) is 0 Å². The van der Waals surface area contributed by atoms with Gasteiger partial charge in [-0.25, -0.2) is 0 Å². The third-order valence-corrected chi connectivity index (χ3v) is 1.45. The smallest absolute Gasteiger partial charge is 0.854 e. The number of unbranched alkanes of at least 4 members (excludes halogenated alkanes) is 4. The van der Waals surface area contributed by atoms with Crippen LogP contribution in [0.3, 0.4) is 0 Å². The quantitative estimate of drug-likeness (QED) is 0.390. The average molecular weight is 196 g/mol. The first kappa shape index (κ1) is 23.7. The summed E-state index contributed by atoms with van der Waals surface area (Å²) in [4.78, 5) is 0. The molecule has 13 heavy (non-hydrogen) atoms. The van der Waals surface area contributed by atoms with Crippen LogP contribution >= 0.6 is 0 Å². The summed E-state index contributed by atoms with van der Waals surface area (Å²) in [5, 5.41) is 9.69. The van der Waals surface area contributed by atoms with Gasteiger partial charge in [0.05, 0.1) is 8.41 Å². The van der Waals surface area contributed by atoms with Crippen molar-refractivity contribution in [1.82, 2.24) is 0 Å². The summed E-state index contributed by atoms with van der Waals surface area (Å²) >= 11 is 0. The van der Waals surface area contributed by atoms with Crippen LogP contribution in [0.5, 0.6) is 0 Å². The van der Waals surface area contributed by atoms with Gasteiger partial charge >= 0.3 is 29.6 Å². The predicted octanol–water partition coefficient (Wildman–Crippen LogP) is -1.45. The van der Waals surface area contributed by atoms with Crippen LogP contribution < -0.4 is 34.7 Å². The van der Waals surface area contributed by atoms with E-state index in [1.54, 1.807) is 0 Å². The van der Waals surface area contributed by atoms with E-state index in [0.717, 1.165) is 19.3 Å². The van der Waals surface area contributed by atoms with E-state index >= 15 is 0 Å². The molecule has 0 atom stereocenters. The van der Waals surface area contributed by atoms with Crippen molar-refractivity contribution in [2.45, 2.75) is 59.3 Å². The van der Waals surface area contributed by atoms with Crippen molar-refractivity contribution in [2.24, 2.45) is 0 Å². The SMILES string of the molecule is B.CCCCC.CCCCC[O-].[Na+]. The van der Waals surface area contributed by atoms with Crippen molar-refractivity contribution < 1.29 is 34.7 Å². The zero-order valence-electron chi connectivity index (χ0n) is 9.36. The third-order valence-electron chi connectivity index (χ3n) is 1.45. The van der Waals surface area contributed by atoms with Gasteiger partial charge in [0.15, 0.2) is 0 Å². The maximum atomic E-state index is 9.69. The molecule has 0 aliphatic rings. The fourth-order valence-corrected chi connectivity index (χ4v) is 0.706. The van der Waals surface area contributed by atoms with Crippen molar-refractivity contribution in [2.75, 3.05) is 6.61 Å². The van der Waals surface area contributed by atoms with Crippen LogP contribution in [0.2, 0.25) is 0 Å². The van der Waals surface area contributed by atoms with Gasteiger partial charge in [-0.3, -0.25) is 0 Å². The molecule has 0 aromatic heterocycles. The molecule has 0 spiro atoms. The van der Waals surface area contributed by atoms with E-state index < -0.39 is 0 Å². The monoisotopic (exact) mass is 196 g/mol. The van der Waals surface area contributed by atoms with Crippen LogP contribution in [0, 0.1) is 0 Å². The van der Waals surface area contributed by atoms with Crippen molar-refractivity contribution >= 4 is 8.41 Å². The van der Waals surface area contributed by atoms with Crippen LogP contribution in [0.15, 0.2) is 0 Å². The maximum Gasteiger partial charge on any atom is 1.00 e. The molecule has 0 fully saturated rings. The second kappa shape index (κ2) is 29.2. The normalized spacial score (nSPS) is 7.38. The molecule has 0 saturated heterocycles. The van der Waals surface area contributed by atoms with Gasteiger partial charge in [-0.05, 0) is 0 Å². The van der Waals surface area contributed by atoms with E-state index in [-0.39, 0.29) is 44.6 Å². The van der Waals surface area contributed by atoms with E-state index in [9.17, 15) is 5.11 Å². The molecule has 0 saturated carbocycles. The fourth-order valence-electron chi connectivity index (χ4n) is 0.706. The summed E-state index contributed by atoms with van der Waals surface area (Å²) in [6.07, 6.45) is 7.19. The van der Waals surface area contributed by atoms with Crippen molar-refractivity contribution in [1.29, 1.82) is 0 Å². The zero-order chi connectivity index (χ0) is 8.95. The minimum Gasteiger partial charge on any atom is -0.854 e. The summed E-state index contributed by atoms with van der Waals surface area (Å²) in [5.41, 5.74) is 0. The van der Waals surface area contributed by atoms with Gasteiger partial charge in [-0.1, -0.05) is 59.3 Å². The Hall–Kier alpha value is 1.02. The topological polar surface area (TPSA) is 23.1 Å². The second-order valence-corrected chi connectivity index (χ2v) is 2.76. The summed E-state index contributed by atoms with van der Waals surface area (Å²) in [7, 11) is 0. The van der Waals surface area contributed by atoms with E-state index in [2.05, 4.69) is 20.8 Å². The first-order valence-corrected chi connectivity index (χ1v) is 4.91. The Morgan fingerprint density at radius 1 is 0.769 bits per heavy atom. The van der Waals surface area contributed by atoms with Crippen LogP contribution in [-0.2, 0) is 0 Å². The van der Waals surface area contributed by atoms with E-state index in [0.29, 0.717) is 0 Å². The molecule has 0 aliphatic carbocycles. The second-order valence-electron chi connectivity index (χ2n) is 2.76. The van der Waals surface area contributed by atoms with Gasteiger partial charge in [-0.15, -0.1) is 6.61 Å². The molecule has 3 heteroatoms. The molecule has 0 aromatic rings. The summed E-state index contributed by atoms with van der Waals surface area (Å²) in [6, 6.07) is 0. The predicted molar refractivity (Wildman–Crippen MR) is 59.5 cm³/mol. The summed E-state index contributed by atoms with van der Waals surface area (Å²) < 4.78 is 0. The molecule has 0 bridgehead atoms. The molecule has 0 radical (unpaired) electrons. The number of hydrogen-bond donors (Lipinski definition) is 0. The zero-order valence-corrected chi connectivity index (χ0v) is 11.4. The van der Waals surface area contributed by atoms with Gasteiger partial charge in [0, 0.05) is 0 Å². The Balaban J connectivity index is -0.0000000546. The molecule has 76 valence electrons. The molecular weight excluding hydrogens is 170 g/mol. The van der Waals surface area contributed by atoms with Crippen molar-refractivity contribution in [3.05, 3.63) is 0 Å². The first-order valence-electron chi connectivity index (χ1n) is 4.91.